The third kappa shape index (κ3) is 5.44. The molecule has 0 aliphatic heterocycles. The van der Waals surface area contributed by atoms with Crippen molar-refractivity contribution in [3.05, 3.63) is 128 Å². The highest BCUT2D eigenvalue weighted by molar-refractivity contribution is 6.00. The van der Waals surface area contributed by atoms with Crippen molar-refractivity contribution in [2.24, 2.45) is 0 Å². The van der Waals surface area contributed by atoms with E-state index in [4.69, 9.17) is 10.5 Å². The second kappa shape index (κ2) is 11.2. The summed E-state index contributed by atoms with van der Waals surface area (Å²) < 4.78 is 5.95. The van der Waals surface area contributed by atoms with Gasteiger partial charge in [-0.3, -0.25) is 4.79 Å². The average molecular weight is 499 g/mol. The van der Waals surface area contributed by atoms with Crippen LogP contribution in [0.25, 0.3) is 33.5 Å². The predicted octanol–water partition coefficient (Wildman–Crippen LogP) is 6.76. The van der Waals surface area contributed by atoms with Gasteiger partial charge in [-0.05, 0) is 52.6 Å². The molecular weight excluding hydrogens is 472 g/mol. The highest BCUT2D eigenvalue weighted by Crippen LogP contribution is 2.39. The second-order valence-corrected chi connectivity index (χ2v) is 8.60. The molecule has 186 valence electrons. The fourth-order valence-corrected chi connectivity index (χ4v) is 4.25. The molecule has 0 unspecified atom stereocenters. The number of nitrogens with one attached hydrogen (secondary N) is 1. The summed E-state index contributed by atoms with van der Waals surface area (Å²) >= 11 is 0. The lowest BCUT2D eigenvalue weighted by Crippen LogP contribution is -2.07. The predicted molar refractivity (Wildman–Crippen MR) is 152 cm³/mol. The van der Waals surface area contributed by atoms with Gasteiger partial charge >= 0.3 is 0 Å². The largest absolute Gasteiger partial charge is 0.489 e. The van der Waals surface area contributed by atoms with Crippen molar-refractivity contribution in [3.8, 4) is 39.3 Å². The summed E-state index contributed by atoms with van der Waals surface area (Å²) in [5, 5.41) is 2.82. The molecule has 6 nitrogen and oxygen atoms in total. The number of carbonyl (C=O) groups excluding carboxylic acids is 1. The van der Waals surface area contributed by atoms with Gasteiger partial charge in [-0.1, -0.05) is 85.4 Å². The number of amides is 1. The van der Waals surface area contributed by atoms with E-state index in [2.05, 4.69) is 21.9 Å². The topological polar surface area (TPSA) is 90.1 Å². The monoisotopic (exact) mass is 498 g/mol. The van der Waals surface area contributed by atoms with Crippen LogP contribution in [0.15, 0.2) is 122 Å². The first kappa shape index (κ1) is 24.5. The molecule has 38 heavy (non-hydrogen) atoms. The number of aromatic nitrogens is 2. The molecule has 6 heteroatoms. The smallest absolute Gasteiger partial charge is 0.247 e. The minimum atomic E-state index is -0.266. The van der Waals surface area contributed by atoms with E-state index in [1.807, 2.05) is 103 Å². The van der Waals surface area contributed by atoms with Crippen molar-refractivity contribution in [2.75, 3.05) is 11.1 Å². The maximum atomic E-state index is 11.8. The van der Waals surface area contributed by atoms with Gasteiger partial charge in [-0.25, -0.2) is 9.97 Å². The zero-order valence-corrected chi connectivity index (χ0v) is 20.7. The summed E-state index contributed by atoms with van der Waals surface area (Å²) in [6, 6.07) is 33.4. The van der Waals surface area contributed by atoms with Crippen LogP contribution in [0.3, 0.4) is 0 Å². The summed E-state index contributed by atoms with van der Waals surface area (Å²) in [4.78, 5) is 20.8. The molecular formula is C32H26N4O2. The normalized spacial score (nSPS) is 10.5. The van der Waals surface area contributed by atoms with E-state index in [9.17, 15) is 4.79 Å². The molecule has 0 bridgehead atoms. The van der Waals surface area contributed by atoms with E-state index in [0.717, 1.165) is 39.1 Å². The molecule has 3 N–H and O–H groups in total. The zero-order valence-electron chi connectivity index (χ0n) is 20.7. The molecule has 0 aliphatic carbocycles. The van der Waals surface area contributed by atoms with Crippen LogP contribution < -0.4 is 15.8 Å². The highest BCUT2D eigenvalue weighted by atomic mass is 16.5. The lowest BCUT2D eigenvalue weighted by atomic mass is 9.93. The van der Waals surface area contributed by atoms with Crippen LogP contribution in [-0.2, 0) is 11.4 Å². The lowest BCUT2D eigenvalue weighted by molar-refractivity contribution is -0.111. The minimum Gasteiger partial charge on any atom is -0.489 e. The Morgan fingerprint density at radius 1 is 0.842 bits per heavy atom. The number of carbonyl (C=O) groups is 1. The van der Waals surface area contributed by atoms with Crippen molar-refractivity contribution >= 4 is 17.4 Å². The third-order valence-electron chi connectivity index (χ3n) is 6.08. The fraction of sp³-hybridized carbons (Fsp3) is 0.0312. The Morgan fingerprint density at radius 3 is 2.34 bits per heavy atom. The lowest BCUT2D eigenvalue weighted by Gasteiger charge is -2.16. The molecule has 5 rings (SSSR count). The van der Waals surface area contributed by atoms with Crippen LogP contribution >= 0.6 is 0 Å². The van der Waals surface area contributed by atoms with Gasteiger partial charge in [0.15, 0.2) is 0 Å². The molecule has 4 aromatic carbocycles. The number of hydrogen-bond acceptors (Lipinski definition) is 5. The van der Waals surface area contributed by atoms with Crippen LogP contribution in [0.4, 0.5) is 11.5 Å². The molecule has 0 spiro atoms. The number of rotatable bonds is 8. The van der Waals surface area contributed by atoms with Gasteiger partial charge in [-0.2, -0.15) is 0 Å². The summed E-state index contributed by atoms with van der Waals surface area (Å²) in [7, 11) is 0. The average Bonchev–Trinajstić information content (AvgIpc) is 2.97. The Hall–Kier alpha value is -5.23. The van der Waals surface area contributed by atoms with Crippen molar-refractivity contribution in [1.82, 2.24) is 9.97 Å². The maximum absolute atomic E-state index is 11.8. The first-order valence-electron chi connectivity index (χ1n) is 12.1. The van der Waals surface area contributed by atoms with Crippen molar-refractivity contribution in [2.45, 2.75) is 6.61 Å². The Morgan fingerprint density at radius 2 is 1.58 bits per heavy atom. The van der Waals surface area contributed by atoms with E-state index in [0.29, 0.717) is 23.8 Å². The van der Waals surface area contributed by atoms with Gasteiger partial charge in [0.25, 0.3) is 0 Å². The van der Waals surface area contributed by atoms with Gasteiger partial charge < -0.3 is 15.8 Å². The summed E-state index contributed by atoms with van der Waals surface area (Å²) in [6.07, 6.45) is 2.72. The van der Waals surface area contributed by atoms with E-state index < -0.39 is 0 Å². The van der Waals surface area contributed by atoms with Gasteiger partial charge in [0.1, 0.15) is 24.5 Å². The van der Waals surface area contributed by atoms with Crippen LogP contribution in [-0.4, -0.2) is 15.9 Å². The number of anilines is 2. The number of nitrogens with zero attached hydrogens (tertiary/aromatic N) is 2. The number of nitrogens with two attached hydrogens (primary N) is 1. The first-order valence-corrected chi connectivity index (χ1v) is 12.1. The third-order valence-corrected chi connectivity index (χ3v) is 6.08. The Kier molecular flexibility index (Phi) is 7.23. The standard InChI is InChI=1S/C32H26N4O2/c1-2-29(37)36-25-12-8-11-24(19-25)27-13-6-7-14-28(27)31-30(32(33)35-21-34-31)23-15-17-26(18-16-23)38-20-22-9-4-3-5-10-22/h2-19,21H,1,20H2,(H,36,37)(H2,33,34,35). The number of nitrogen functional groups attached to an aromatic ring is 1. The molecule has 0 atom stereocenters. The van der Waals surface area contributed by atoms with Crippen molar-refractivity contribution < 1.29 is 9.53 Å². The molecule has 0 saturated carbocycles. The molecule has 1 amide bonds. The van der Waals surface area contributed by atoms with E-state index in [1.165, 1.54) is 12.4 Å². The molecule has 1 heterocycles. The molecule has 0 aliphatic rings. The van der Waals surface area contributed by atoms with Gasteiger partial charge in [0, 0.05) is 11.3 Å². The van der Waals surface area contributed by atoms with E-state index >= 15 is 0 Å². The summed E-state index contributed by atoms with van der Waals surface area (Å²) in [6.45, 7) is 4.01. The number of hydrogen-bond donors (Lipinski definition) is 2. The van der Waals surface area contributed by atoms with Crippen LogP contribution in [0.2, 0.25) is 0 Å². The van der Waals surface area contributed by atoms with E-state index in [1.54, 1.807) is 0 Å². The SMILES string of the molecule is C=CC(=O)Nc1cccc(-c2ccccc2-c2ncnc(N)c2-c2ccc(OCc3ccccc3)cc2)c1. The highest BCUT2D eigenvalue weighted by Gasteiger charge is 2.17. The minimum absolute atomic E-state index is 0.266. The molecule has 0 radical (unpaired) electrons. The van der Waals surface area contributed by atoms with Gasteiger partial charge in [-0.15, -0.1) is 0 Å². The van der Waals surface area contributed by atoms with Crippen LogP contribution in [0.1, 0.15) is 5.56 Å². The maximum Gasteiger partial charge on any atom is 0.247 e. The van der Waals surface area contributed by atoms with Crippen molar-refractivity contribution in [3.63, 3.8) is 0 Å². The Bertz CT molecular complexity index is 1580. The van der Waals surface area contributed by atoms with Crippen LogP contribution in [0, 0.1) is 0 Å². The van der Waals surface area contributed by atoms with Gasteiger partial charge in [0.05, 0.1) is 11.3 Å². The quantitative estimate of drug-likeness (QED) is 0.231. The first-order chi connectivity index (χ1) is 18.6. The van der Waals surface area contributed by atoms with Crippen molar-refractivity contribution in [1.29, 1.82) is 0 Å². The van der Waals surface area contributed by atoms with Gasteiger partial charge in [0.2, 0.25) is 5.91 Å². The molecule has 0 fully saturated rings. The molecule has 0 saturated heterocycles. The van der Waals surface area contributed by atoms with Crippen LogP contribution in [0.5, 0.6) is 5.75 Å². The number of ether oxygens (including phenoxy) is 1. The van der Waals surface area contributed by atoms with E-state index in [-0.39, 0.29) is 5.91 Å². The fourth-order valence-electron chi connectivity index (χ4n) is 4.25. The Balaban J connectivity index is 1.49. The summed E-state index contributed by atoms with van der Waals surface area (Å²) in [5.41, 5.74) is 13.3. The summed E-state index contributed by atoms with van der Waals surface area (Å²) in [5.74, 6) is 0.876. The Labute approximate surface area is 221 Å². The number of benzene rings is 4. The second-order valence-electron chi connectivity index (χ2n) is 8.60. The molecule has 5 aromatic rings. The molecule has 1 aromatic heterocycles. The zero-order chi connectivity index (χ0) is 26.3.